The normalized spacial score (nSPS) is 18.9. The van der Waals surface area contributed by atoms with Crippen LogP contribution in [-0.4, -0.2) is 78.9 Å². The molecule has 1 aromatic carbocycles. The lowest BCUT2D eigenvalue weighted by molar-refractivity contribution is -0.132. The fourth-order valence-electron chi connectivity index (χ4n) is 3.35. The van der Waals surface area contributed by atoms with Gasteiger partial charge in [0, 0.05) is 45.3 Å². The van der Waals surface area contributed by atoms with E-state index in [1.165, 1.54) is 0 Å². The van der Waals surface area contributed by atoms with Crippen LogP contribution in [0.3, 0.4) is 0 Å². The topological polar surface area (TPSA) is 55.9 Å². The maximum Gasteiger partial charge on any atom is 0.238 e. The van der Waals surface area contributed by atoms with Crippen LogP contribution in [-0.2, 0) is 9.59 Å². The predicted octanol–water partition coefficient (Wildman–Crippen LogP) is 1.14. The second-order valence-electron chi connectivity index (χ2n) is 6.81. The van der Waals surface area contributed by atoms with Gasteiger partial charge in [-0.3, -0.25) is 19.4 Å². The molecule has 0 spiro atoms. The summed E-state index contributed by atoms with van der Waals surface area (Å²) in [7, 11) is 0. The summed E-state index contributed by atoms with van der Waals surface area (Å²) in [5, 5.41) is 2.41. The van der Waals surface area contributed by atoms with Crippen LogP contribution in [0, 0.1) is 11.6 Å². The van der Waals surface area contributed by atoms with Crippen molar-refractivity contribution >= 4 is 17.5 Å². The molecule has 0 atom stereocenters. The zero-order valence-corrected chi connectivity index (χ0v) is 14.7. The van der Waals surface area contributed by atoms with Crippen LogP contribution in [0.15, 0.2) is 18.2 Å². The third kappa shape index (κ3) is 4.98. The molecule has 1 N–H and O–H groups in total. The number of nitrogens with one attached hydrogen (secondary N) is 1. The lowest BCUT2D eigenvalue weighted by Crippen LogP contribution is -2.51. The number of hydrogen-bond donors (Lipinski definition) is 1. The fraction of sp³-hybridized carbons (Fsp3) is 0.556. The van der Waals surface area contributed by atoms with Crippen molar-refractivity contribution in [2.24, 2.45) is 0 Å². The van der Waals surface area contributed by atoms with E-state index in [9.17, 15) is 18.4 Å². The van der Waals surface area contributed by atoms with Gasteiger partial charge in [0.15, 0.2) is 0 Å². The maximum absolute atomic E-state index is 13.6. The molecule has 0 radical (unpaired) electrons. The van der Waals surface area contributed by atoms with E-state index >= 15 is 0 Å². The summed E-state index contributed by atoms with van der Waals surface area (Å²) < 4.78 is 26.7. The first kappa shape index (κ1) is 18.7. The first-order chi connectivity index (χ1) is 12.5. The number of amides is 2. The molecule has 2 fully saturated rings. The van der Waals surface area contributed by atoms with E-state index in [1.807, 2.05) is 9.80 Å². The molecule has 2 amide bonds. The number of anilines is 1. The zero-order chi connectivity index (χ0) is 18.5. The quantitative estimate of drug-likeness (QED) is 0.849. The summed E-state index contributed by atoms with van der Waals surface area (Å²) in [4.78, 5) is 30.2. The second-order valence-corrected chi connectivity index (χ2v) is 6.81. The Morgan fingerprint density at radius 1 is 0.923 bits per heavy atom. The first-order valence-electron chi connectivity index (χ1n) is 8.98. The number of nitrogens with zero attached hydrogens (tertiary/aromatic N) is 3. The van der Waals surface area contributed by atoms with Gasteiger partial charge in [-0.05, 0) is 25.0 Å². The summed E-state index contributed by atoms with van der Waals surface area (Å²) in [6.07, 6.45) is 2.17. The van der Waals surface area contributed by atoms with Crippen molar-refractivity contribution in [2.75, 3.05) is 57.7 Å². The van der Waals surface area contributed by atoms with E-state index in [2.05, 4.69) is 10.2 Å². The van der Waals surface area contributed by atoms with Gasteiger partial charge in [-0.15, -0.1) is 0 Å². The minimum atomic E-state index is -0.662. The Kier molecular flexibility index (Phi) is 6.16. The summed E-state index contributed by atoms with van der Waals surface area (Å²) in [6, 6.07) is 2.96. The van der Waals surface area contributed by atoms with Crippen molar-refractivity contribution in [3.05, 3.63) is 29.8 Å². The molecule has 0 unspecified atom stereocenters. The van der Waals surface area contributed by atoms with Crippen LogP contribution in [0.2, 0.25) is 0 Å². The summed E-state index contributed by atoms with van der Waals surface area (Å²) >= 11 is 0. The molecule has 0 bridgehead atoms. The highest BCUT2D eigenvalue weighted by Gasteiger charge is 2.24. The number of halogens is 2. The molecule has 2 aliphatic rings. The van der Waals surface area contributed by atoms with Gasteiger partial charge in [-0.1, -0.05) is 0 Å². The van der Waals surface area contributed by atoms with Crippen molar-refractivity contribution in [3.63, 3.8) is 0 Å². The molecule has 0 saturated carbocycles. The average Bonchev–Trinajstić information content (AvgIpc) is 3.14. The molecule has 3 rings (SSSR count). The van der Waals surface area contributed by atoms with Crippen molar-refractivity contribution in [3.8, 4) is 0 Å². The van der Waals surface area contributed by atoms with Gasteiger partial charge >= 0.3 is 0 Å². The molecule has 6 nitrogen and oxygen atoms in total. The second kappa shape index (κ2) is 8.55. The number of rotatable bonds is 5. The van der Waals surface area contributed by atoms with E-state index in [0.717, 1.165) is 44.1 Å². The molecular weight excluding hydrogens is 342 g/mol. The molecule has 2 aliphatic heterocycles. The molecule has 2 heterocycles. The Morgan fingerprint density at radius 3 is 2.19 bits per heavy atom. The van der Waals surface area contributed by atoms with Gasteiger partial charge < -0.3 is 10.2 Å². The number of piperazine rings is 1. The summed E-state index contributed by atoms with van der Waals surface area (Å²) in [5.41, 5.74) is -0.148. The van der Waals surface area contributed by atoms with Gasteiger partial charge in [-0.25, -0.2) is 8.78 Å². The predicted molar refractivity (Wildman–Crippen MR) is 93.7 cm³/mol. The van der Waals surface area contributed by atoms with Crippen molar-refractivity contribution in [2.45, 2.75) is 12.8 Å². The molecule has 26 heavy (non-hydrogen) atoms. The van der Waals surface area contributed by atoms with Crippen LogP contribution < -0.4 is 5.32 Å². The van der Waals surface area contributed by atoms with E-state index in [-0.39, 0.29) is 24.0 Å². The Balaban J connectivity index is 1.41. The largest absolute Gasteiger partial charge is 0.342 e. The average molecular weight is 366 g/mol. The van der Waals surface area contributed by atoms with Gasteiger partial charge in [-0.2, -0.15) is 0 Å². The van der Waals surface area contributed by atoms with Gasteiger partial charge in [0.25, 0.3) is 0 Å². The van der Waals surface area contributed by atoms with Crippen LogP contribution in [0.25, 0.3) is 0 Å². The molecule has 142 valence electrons. The molecular formula is C18H24F2N4O2. The van der Waals surface area contributed by atoms with E-state index in [1.54, 1.807) is 0 Å². The van der Waals surface area contributed by atoms with Crippen molar-refractivity contribution in [1.29, 1.82) is 0 Å². The van der Waals surface area contributed by atoms with Crippen LogP contribution in [0.5, 0.6) is 0 Å². The Morgan fingerprint density at radius 2 is 1.54 bits per heavy atom. The number of likely N-dealkylation sites (tertiary alicyclic amines) is 1. The first-order valence-corrected chi connectivity index (χ1v) is 8.98. The lowest BCUT2D eigenvalue weighted by atomic mass is 10.2. The highest BCUT2D eigenvalue weighted by atomic mass is 19.1. The molecule has 2 saturated heterocycles. The summed E-state index contributed by atoms with van der Waals surface area (Å²) in [6.45, 7) is 4.99. The molecule has 8 heteroatoms. The van der Waals surface area contributed by atoms with Crippen LogP contribution in [0.4, 0.5) is 14.5 Å². The highest BCUT2D eigenvalue weighted by molar-refractivity contribution is 5.92. The Labute approximate surface area is 151 Å². The highest BCUT2D eigenvalue weighted by Crippen LogP contribution is 2.15. The molecule has 0 aromatic heterocycles. The van der Waals surface area contributed by atoms with Gasteiger partial charge in [0.05, 0.1) is 18.8 Å². The van der Waals surface area contributed by atoms with E-state index < -0.39 is 11.6 Å². The van der Waals surface area contributed by atoms with Crippen LogP contribution >= 0.6 is 0 Å². The third-order valence-electron chi connectivity index (χ3n) is 4.85. The maximum atomic E-state index is 13.6. The number of benzene rings is 1. The van der Waals surface area contributed by atoms with Gasteiger partial charge in [0.2, 0.25) is 11.8 Å². The third-order valence-corrected chi connectivity index (χ3v) is 4.85. The van der Waals surface area contributed by atoms with Crippen molar-refractivity contribution in [1.82, 2.24) is 14.7 Å². The lowest BCUT2D eigenvalue weighted by Gasteiger charge is -2.34. The minimum absolute atomic E-state index is 0.115. The Hall–Kier alpha value is -2.06. The number of carbonyl (C=O) groups is 2. The Bertz CT molecular complexity index is 657. The molecule has 0 aliphatic carbocycles. The van der Waals surface area contributed by atoms with E-state index in [4.69, 9.17) is 0 Å². The smallest absolute Gasteiger partial charge is 0.238 e. The summed E-state index contributed by atoms with van der Waals surface area (Å²) in [5.74, 6) is -1.46. The monoisotopic (exact) mass is 366 g/mol. The van der Waals surface area contributed by atoms with Crippen molar-refractivity contribution < 1.29 is 18.4 Å². The number of carbonyl (C=O) groups excluding carboxylic acids is 2. The fourth-order valence-corrected chi connectivity index (χ4v) is 3.35. The van der Waals surface area contributed by atoms with E-state index in [0.29, 0.717) is 32.7 Å². The van der Waals surface area contributed by atoms with Crippen LogP contribution in [0.1, 0.15) is 12.8 Å². The SMILES string of the molecule is O=C(CN1CCN(CC(=O)N2CCCC2)CC1)Nc1cc(F)ccc1F. The standard InChI is InChI=1S/C18H24F2N4O2/c19-14-3-4-15(20)16(11-14)21-17(25)12-22-7-9-23(10-8-22)13-18(26)24-5-1-2-6-24/h3-4,11H,1-2,5-10,12-13H2,(H,21,25). The minimum Gasteiger partial charge on any atom is -0.342 e. The zero-order valence-electron chi connectivity index (χ0n) is 14.7. The number of hydrogen-bond acceptors (Lipinski definition) is 4. The van der Waals surface area contributed by atoms with Gasteiger partial charge in [0.1, 0.15) is 11.6 Å². The molecule has 1 aromatic rings.